The van der Waals surface area contributed by atoms with Crippen LogP contribution in [-0.4, -0.2) is 68.3 Å². The average Bonchev–Trinajstić information content (AvgIpc) is 2.22. The van der Waals surface area contributed by atoms with Crippen LogP contribution in [0.5, 0.6) is 0 Å². The van der Waals surface area contributed by atoms with E-state index in [4.69, 9.17) is 0 Å². The number of rotatable bonds is 2. The van der Waals surface area contributed by atoms with Crippen molar-refractivity contribution in [1.82, 2.24) is 15.1 Å². The summed E-state index contributed by atoms with van der Waals surface area (Å²) in [5, 5.41) is 3.16. The Balaban J connectivity index is 1.80. The smallest absolute Gasteiger partial charge is 0.136 e. The summed E-state index contributed by atoms with van der Waals surface area (Å²) in [4.78, 5) is 4.58. The summed E-state index contributed by atoms with van der Waals surface area (Å²) in [6.07, 6.45) is 1.70. The minimum atomic E-state index is -0.978. The molecule has 1 N–H and O–H groups in total. The monoisotopic (exact) mass is 215 g/mol. The van der Waals surface area contributed by atoms with Crippen molar-refractivity contribution < 1.29 is 4.39 Å². The molecule has 2 fully saturated rings. The lowest BCUT2D eigenvalue weighted by Gasteiger charge is -2.38. The van der Waals surface area contributed by atoms with E-state index in [0.29, 0.717) is 13.1 Å². The number of likely N-dealkylation sites (N-methyl/N-ethyl adjacent to an activating group) is 1. The maximum atomic E-state index is 14.3. The molecular weight excluding hydrogens is 193 g/mol. The fraction of sp³-hybridized carbons (Fsp3) is 1.00. The first kappa shape index (κ1) is 11.3. The van der Waals surface area contributed by atoms with Crippen LogP contribution in [0.1, 0.15) is 12.8 Å². The molecule has 4 heteroatoms. The molecule has 2 aliphatic heterocycles. The summed E-state index contributed by atoms with van der Waals surface area (Å²) in [5.74, 6) is 0. The first-order valence-electron chi connectivity index (χ1n) is 5.99. The number of nitrogens with one attached hydrogen (secondary N) is 1. The third-order valence-electron chi connectivity index (χ3n) is 3.52. The quantitative estimate of drug-likeness (QED) is 0.716. The fourth-order valence-corrected chi connectivity index (χ4v) is 2.47. The number of nitrogens with zero attached hydrogens (tertiary/aromatic N) is 2. The predicted molar refractivity (Wildman–Crippen MR) is 59.9 cm³/mol. The summed E-state index contributed by atoms with van der Waals surface area (Å²) >= 11 is 0. The highest BCUT2D eigenvalue weighted by atomic mass is 19.1. The van der Waals surface area contributed by atoms with Crippen LogP contribution in [0, 0.1) is 0 Å². The van der Waals surface area contributed by atoms with Crippen LogP contribution in [0.2, 0.25) is 0 Å². The van der Waals surface area contributed by atoms with Crippen molar-refractivity contribution in [3.05, 3.63) is 0 Å². The van der Waals surface area contributed by atoms with Crippen molar-refractivity contribution in [2.24, 2.45) is 0 Å². The Kier molecular flexibility index (Phi) is 3.59. The second kappa shape index (κ2) is 4.76. The molecular formula is C11H22FN3. The van der Waals surface area contributed by atoms with Crippen LogP contribution in [0.3, 0.4) is 0 Å². The standard InChI is InChI=1S/C11H22FN3/c1-14-5-7-15(8-6-14)10-11(12)3-2-4-13-9-11/h13H,2-10H2,1H3. The zero-order valence-electron chi connectivity index (χ0n) is 9.64. The normalized spacial score (nSPS) is 35.6. The van der Waals surface area contributed by atoms with Crippen molar-refractivity contribution in [1.29, 1.82) is 0 Å². The van der Waals surface area contributed by atoms with Crippen molar-refractivity contribution in [2.45, 2.75) is 18.5 Å². The molecule has 0 aromatic rings. The zero-order valence-corrected chi connectivity index (χ0v) is 9.64. The van der Waals surface area contributed by atoms with Gasteiger partial charge in [0, 0.05) is 39.3 Å². The van der Waals surface area contributed by atoms with Crippen molar-refractivity contribution in [2.75, 3.05) is 52.9 Å². The van der Waals surface area contributed by atoms with Crippen LogP contribution in [-0.2, 0) is 0 Å². The van der Waals surface area contributed by atoms with Gasteiger partial charge in [-0.15, -0.1) is 0 Å². The molecule has 2 heterocycles. The van der Waals surface area contributed by atoms with Gasteiger partial charge < -0.3 is 10.2 Å². The zero-order chi connectivity index (χ0) is 10.7. The fourth-order valence-electron chi connectivity index (χ4n) is 2.47. The Labute approximate surface area is 91.6 Å². The van der Waals surface area contributed by atoms with Gasteiger partial charge >= 0.3 is 0 Å². The lowest BCUT2D eigenvalue weighted by molar-refractivity contribution is 0.0454. The minimum Gasteiger partial charge on any atom is -0.313 e. The topological polar surface area (TPSA) is 18.5 Å². The highest BCUT2D eigenvalue weighted by Crippen LogP contribution is 2.22. The van der Waals surface area contributed by atoms with Gasteiger partial charge in [-0.1, -0.05) is 0 Å². The lowest BCUT2D eigenvalue weighted by Crippen LogP contribution is -2.54. The van der Waals surface area contributed by atoms with Gasteiger partial charge in [-0.2, -0.15) is 0 Å². The first-order valence-corrected chi connectivity index (χ1v) is 5.99. The summed E-state index contributed by atoms with van der Waals surface area (Å²) in [5.41, 5.74) is -0.978. The largest absolute Gasteiger partial charge is 0.313 e. The molecule has 0 aromatic carbocycles. The van der Waals surface area contributed by atoms with Crippen LogP contribution in [0.25, 0.3) is 0 Å². The molecule has 88 valence electrons. The molecule has 0 aliphatic carbocycles. The molecule has 0 saturated carbocycles. The van der Waals surface area contributed by atoms with E-state index in [0.717, 1.165) is 45.6 Å². The molecule has 15 heavy (non-hydrogen) atoms. The van der Waals surface area contributed by atoms with Crippen molar-refractivity contribution >= 4 is 0 Å². The van der Waals surface area contributed by atoms with Crippen LogP contribution >= 0.6 is 0 Å². The summed E-state index contributed by atoms with van der Waals surface area (Å²) in [7, 11) is 2.13. The van der Waals surface area contributed by atoms with Gasteiger partial charge in [-0.05, 0) is 26.4 Å². The van der Waals surface area contributed by atoms with Crippen LogP contribution < -0.4 is 5.32 Å². The van der Waals surface area contributed by atoms with E-state index in [1.54, 1.807) is 0 Å². The number of halogens is 1. The molecule has 0 radical (unpaired) electrons. The van der Waals surface area contributed by atoms with Gasteiger partial charge in [-0.3, -0.25) is 4.90 Å². The summed E-state index contributed by atoms with van der Waals surface area (Å²) < 4.78 is 14.3. The number of piperazine rings is 1. The van der Waals surface area contributed by atoms with Crippen molar-refractivity contribution in [3.63, 3.8) is 0 Å². The summed E-state index contributed by atoms with van der Waals surface area (Å²) in [6, 6.07) is 0. The SMILES string of the molecule is CN1CCN(CC2(F)CCCNC2)CC1. The van der Waals surface area contributed by atoms with E-state index in [9.17, 15) is 4.39 Å². The van der Waals surface area contributed by atoms with E-state index in [2.05, 4.69) is 22.2 Å². The van der Waals surface area contributed by atoms with E-state index in [1.165, 1.54) is 0 Å². The van der Waals surface area contributed by atoms with Gasteiger partial charge in [0.05, 0.1) is 0 Å². The maximum Gasteiger partial charge on any atom is 0.136 e. The van der Waals surface area contributed by atoms with Gasteiger partial charge in [0.15, 0.2) is 0 Å². The van der Waals surface area contributed by atoms with Gasteiger partial charge in [-0.25, -0.2) is 4.39 Å². The molecule has 0 aromatic heterocycles. The Morgan fingerprint density at radius 3 is 2.60 bits per heavy atom. The van der Waals surface area contributed by atoms with Gasteiger partial charge in [0.25, 0.3) is 0 Å². The lowest BCUT2D eigenvalue weighted by atomic mass is 9.95. The molecule has 3 nitrogen and oxygen atoms in total. The third kappa shape index (κ3) is 3.13. The Bertz CT molecular complexity index is 196. The number of hydrogen-bond acceptors (Lipinski definition) is 3. The number of alkyl halides is 1. The van der Waals surface area contributed by atoms with E-state index in [-0.39, 0.29) is 0 Å². The van der Waals surface area contributed by atoms with Crippen molar-refractivity contribution in [3.8, 4) is 0 Å². The minimum absolute atomic E-state index is 0.541. The molecule has 0 bridgehead atoms. The van der Waals surface area contributed by atoms with E-state index in [1.807, 2.05) is 0 Å². The summed E-state index contributed by atoms with van der Waals surface area (Å²) in [6.45, 7) is 6.32. The number of hydrogen-bond donors (Lipinski definition) is 1. The molecule has 2 rings (SSSR count). The second-order valence-electron chi connectivity index (χ2n) is 5.01. The van der Waals surface area contributed by atoms with Crippen LogP contribution in [0.15, 0.2) is 0 Å². The molecule has 0 spiro atoms. The van der Waals surface area contributed by atoms with Gasteiger partial charge in [0.2, 0.25) is 0 Å². The molecule has 1 unspecified atom stereocenters. The second-order valence-corrected chi connectivity index (χ2v) is 5.01. The average molecular weight is 215 g/mol. The van der Waals surface area contributed by atoms with E-state index >= 15 is 0 Å². The molecule has 1 atom stereocenters. The molecule has 2 saturated heterocycles. The predicted octanol–water partition coefficient (Wildman–Crippen LogP) is 0.326. The highest BCUT2D eigenvalue weighted by Gasteiger charge is 2.34. The third-order valence-corrected chi connectivity index (χ3v) is 3.52. The molecule has 2 aliphatic rings. The Morgan fingerprint density at radius 1 is 1.27 bits per heavy atom. The highest BCUT2D eigenvalue weighted by molar-refractivity contribution is 4.89. The number of piperidine rings is 1. The Hall–Kier alpha value is -0.190. The maximum absolute atomic E-state index is 14.3. The Morgan fingerprint density at radius 2 is 2.00 bits per heavy atom. The molecule has 0 amide bonds. The van der Waals surface area contributed by atoms with Crippen LogP contribution in [0.4, 0.5) is 4.39 Å². The first-order chi connectivity index (χ1) is 7.18. The van der Waals surface area contributed by atoms with Gasteiger partial charge in [0.1, 0.15) is 5.67 Å². The van der Waals surface area contributed by atoms with E-state index < -0.39 is 5.67 Å².